The lowest BCUT2D eigenvalue weighted by Crippen LogP contribution is -2.31. The quantitative estimate of drug-likeness (QED) is 0.226. The molecule has 0 spiro atoms. The molecule has 0 atom stereocenters. The predicted molar refractivity (Wildman–Crippen MR) is 150 cm³/mol. The van der Waals surface area contributed by atoms with E-state index in [9.17, 15) is 14.4 Å². The average molecular weight is 588 g/mol. The Bertz CT molecular complexity index is 1510. The van der Waals surface area contributed by atoms with Crippen LogP contribution in [0.1, 0.15) is 21.7 Å². The van der Waals surface area contributed by atoms with Crippen molar-refractivity contribution < 1.29 is 18.8 Å². The van der Waals surface area contributed by atoms with Crippen LogP contribution in [0.3, 0.4) is 0 Å². The van der Waals surface area contributed by atoms with Crippen molar-refractivity contribution in [3.8, 4) is 0 Å². The summed E-state index contributed by atoms with van der Waals surface area (Å²) in [4.78, 5) is 41.4. The number of furan rings is 1. The predicted octanol–water partition coefficient (Wildman–Crippen LogP) is 6.59. The van der Waals surface area contributed by atoms with Crippen LogP contribution < -0.4 is 10.6 Å². The van der Waals surface area contributed by atoms with Crippen LogP contribution in [0.4, 0.5) is 11.4 Å². The van der Waals surface area contributed by atoms with Crippen LogP contribution in [-0.4, -0.2) is 22.6 Å². The van der Waals surface area contributed by atoms with Gasteiger partial charge in [-0.25, -0.2) is 0 Å². The normalized spacial score (nSPS) is 13.3. The number of aryl methyl sites for hydroxylation is 1. The molecule has 3 aromatic carbocycles. The van der Waals surface area contributed by atoms with E-state index in [1.165, 1.54) is 22.9 Å². The fraction of sp³-hybridized carbons (Fsp3) is 0.0690. The third-order valence-electron chi connectivity index (χ3n) is 5.78. The molecular formula is C29H22BrN3O4S. The fourth-order valence-electron chi connectivity index (χ4n) is 3.77. The van der Waals surface area contributed by atoms with Crippen molar-refractivity contribution in [1.29, 1.82) is 0 Å². The number of imide groups is 1. The molecule has 0 saturated heterocycles. The number of anilines is 2. The first-order chi connectivity index (χ1) is 18.4. The Hall–Kier alpha value is -4.08. The summed E-state index contributed by atoms with van der Waals surface area (Å²) in [6.07, 6.45) is 1.51. The van der Waals surface area contributed by atoms with E-state index in [4.69, 9.17) is 4.42 Å². The minimum absolute atomic E-state index is 0.0365. The molecule has 2 heterocycles. The molecule has 2 N–H and O–H groups in total. The molecule has 0 aliphatic carbocycles. The molecule has 38 heavy (non-hydrogen) atoms. The molecular weight excluding hydrogens is 566 g/mol. The summed E-state index contributed by atoms with van der Waals surface area (Å²) in [5.74, 6) is -0.541. The van der Waals surface area contributed by atoms with Gasteiger partial charge in [-0.1, -0.05) is 45.4 Å². The molecule has 3 amide bonds. The first-order valence-electron chi connectivity index (χ1n) is 11.7. The van der Waals surface area contributed by atoms with Gasteiger partial charge in [0, 0.05) is 26.3 Å². The molecule has 190 valence electrons. The second-order valence-electron chi connectivity index (χ2n) is 8.56. The molecule has 9 heteroatoms. The number of carbonyl (C=O) groups excluding carboxylic acids is 3. The highest BCUT2D eigenvalue weighted by Crippen LogP contribution is 2.37. The van der Waals surface area contributed by atoms with Crippen molar-refractivity contribution in [2.24, 2.45) is 0 Å². The van der Waals surface area contributed by atoms with Gasteiger partial charge in [-0.15, -0.1) is 0 Å². The number of nitrogens with one attached hydrogen (secondary N) is 2. The number of hydrogen-bond donors (Lipinski definition) is 2. The zero-order valence-corrected chi connectivity index (χ0v) is 22.6. The number of nitrogens with zero attached hydrogens (tertiary/aromatic N) is 1. The molecule has 0 unspecified atom stereocenters. The van der Waals surface area contributed by atoms with Crippen LogP contribution in [0.25, 0.3) is 0 Å². The van der Waals surface area contributed by atoms with Gasteiger partial charge >= 0.3 is 0 Å². The number of halogens is 1. The number of carbonyl (C=O) groups is 3. The number of hydrogen-bond acceptors (Lipinski definition) is 6. The van der Waals surface area contributed by atoms with Crippen molar-refractivity contribution in [2.45, 2.75) is 18.4 Å². The zero-order valence-electron chi connectivity index (χ0n) is 20.2. The monoisotopic (exact) mass is 587 g/mol. The number of rotatable bonds is 8. The Morgan fingerprint density at radius 2 is 1.58 bits per heavy atom. The van der Waals surface area contributed by atoms with Crippen molar-refractivity contribution in [2.75, 3.05) is 10.6 Å². The van der Waals surface area contributed by atoms with Gasteiger partial charge in [0.2, 0.25) is 0 Å². The second kappa shape index (κ2) is 11.1. The number of amides is 3. The largest absolute Gasteiger partial charge is 0.467 e. The Morgan fingerprint density at radius 1 is 0.895 bits per heavy atom. The summed E-state index contributed by atoms with van der Waals surface area (Å²) in [6, 6.07) is 25.2. The van der Waals surface area contributed by atoms with Crippen molar-refractivity contribution >= 4 is 56.8 Å². The lowest BCUT2D eigenvalue weighted by atomic mass is 10.2. The summed E-state index contributed by atoms with van der Waals surface area (Å²) in [7, 11) is 0. The zero-order chi connectivity index (χ0) is 26.6. The maximum atomic E-state index is 13.4. The minimum atomic E-state index is -0.423. The Kier molecular flexibility index (Phi) is 7.48. The minimum Gasteiger partial charge on any atom is -0.467 e. The first kappa shape index (κ1) is 25.6. The SMILES string of the molecule is Cc1ccc(NC2=C(Sc3ccc(NC(=O)c4ccc(Br)cc4)cc3)C(=O)N(Cc3ccco3)C2=O)cc1. The lowest BCUT2D eigenvalue weighted by molar-refractivity contribution is -0.138. The number of thioether (sulfide) groups is 1. The molecule has 0 fully saturated rings. The van der Waals surface area contributed by atoms with Crippen LogP contribution >= 0.6 is 27.7 Å². The van der Waals surface area contributed by atoms with Gasteiger partial charge < -0.3 is 15.1 Å². The molecule has 5 rings (SSSR count). The van der Waals surface area contributed by atoms with Gasteiger partial charge in [-0.2, -0.15) is 0 Å². The Labute approximate surface area is 232 Å². The summed E-state index contributed by atoms with van der Waals surface area (Å²) in [5, 5.41) is 6.01. The third-order valence-corrected chi connectivity index (χ3v) is 7.40. The van der Waals surface area contributed by atoms with Gasteiger partial charge in [-0.05, 0) is 79.7 Å². The summed E-state index contributed by atoms with van der Waals surface area (Å²) < 4.78 is 6.26. The smallest absolute Gasteiger partial charge is 0.278 e. The van der Waals surface area contributed by atoms with Gasteiger partial charge in [0.15, 0.2) is 0 Å². The third kappa shape index (κ3) is 5.74. The van der Waals surface area contributed by atoms with Crippen molar-refractivity contribution in [1.82, 2.24) is 4.90 Å². The van der Waals surface area contributed by atoms with E-state index in [2.05, 4.69) is 26.6 Å². The standard InChI is InChI=1S/C29H22BrN3O4S/c1-18-4-10-21(11-5-18)31-25-26(29(36)33(28(25)35)17-23-3-2-16-37-23)38-24-14-12-22(13-15-24)32-27(34)19-6-8-20(30)9-7-19/h2-16,31H,17H2,1H3,(H,32,34). The molecule has 1 aromatic heterocycles. The van der Waals surface area contributed by atoms with E-state index < -0.39 is 11.8 Å². The molecule has 1 aliphatic heterocycles. The van der Waals surface area contributed by atoms with Crippen molar-refractivity contribution in [3.63, 3.8) is 0 Å². The van der Waals surface area contributed by atoms with E-state index in [0.29, 0.717) is 22.7 Å². The van der Waals surface area contributed by atoms with Gasteiger partial charge in [-0.3, -0.25) is 19.3 Å². The van der Waals surface area contributed by atoms with Crippen LogP contribution in [0.2, 0.25) is 0 Å². The molecule has 4 aromatic rings. The summed E-state index contributed by atoms with van der Waals surface area (Å²) >= 11 is 4.55. The first-order valence-corrected chi connectivity index (χ1v) is 13.3. The van der Waals surface area contributed by atoms with Crippen molar-refractivity contribution in [3.05, 3.63) is 123 Å². The Morgan fingerprint density at radius 3 is 2.24 bits per heavy atom. The van der Waals surface area contributed by atoms with Gasteiger partial charge in [0.25, 0.3) is 17.7 Å². The van der Waals surface area contributed by atoms with Crippen LogP contribution in [0.15, 0.2) is 116 Å². The summed E-state index contributed by atoms with van der Waals surface area (Å²) in [6.45, 7) is 2.01. The van der Waals surface area contributed by atoms with Gasteiger partial charge in [0.05, 0.1) is 12.8 Å². The van der Waals surface area contributed by atoms with E-state index in [1.54, 1.807) is 60.7 Å². The average Bonchev–Trinajstić information content (AvgIpc) is 3.51. The highest BCUT2D eigenvalue weighted by molar-refractivity contribution is 9.10. The number of benzene rings is 3. The molecule has 0 radical (unpaired) electrons. The van der Waals surface area contributed by atoms with E-state index in [0.717, 1.165) is 14.9 Å². The molecule has 0 bridgehead atoms. The molecule has 1 aliphatic rings. The van der Waals surface area contributed by atoms with Crippen LogP contribution in [-0.2, 0) is 16.1 Å². The van der Waals surface area contributed by atoms with E-state index >= 15 is 0 Å². The summed E-state index contributed by atoms with van der Waals surface area (Å²) in [5.41, 5.74) is 3.15. The fourth-order valence-corrected chi connectivity index (χ4v) is 4.98. The van der Waals surface area contributed by atoms with E-state index in [-0.39, 0.29) is 23.1 Å². The second-order valence-corrected chi connectivity index (χ2v) is 10.6. The highest BCUT2D eigenvalue weighted by Gasteiger charge is 2.39. The Balaban J connectivity index is 1.36. The van der Waals surface area contributed by atoms with Crippen LogP contribution in [0.5, 0.6) is 0 Å². The molecule has 7 nitrogen and oxygen atoms in total. The maximum Gasteiger partial charge on any atom is 0.278 e. The maximum absolute atomic E-state index is 13.4. The van der Waals surface area contributed by atoms with Gasteiger partial charge in [0.1, 0.15) is 16.4 Å². The van der Waals surface area contributed by atoms with E-state index in [1.807, 2.05) is 31.2 Å². The highest BCUT2D eigenvalue weighted by atomic mass is 79.9. The lowest BCUT2D eigenvalue weighted by Gasteiger charge is -2.13. The molecule has 0 saturated carbocycles. The topological polar surface area (TPSA) is 91.7 Å². The van der Waals surface area contributed by atoms with Crippen LogP contribution in [0, 0.1) is 6.92 Å².